The Morgan fingerprint density at radius 1 is 1.26 bits per heavy atom. The zero-order valence-electron chi connectivity index (χ0n) is 10.9. The van der Waals surface area contributed by atoms with Gasteiger partial charge in [0.25, 0.3) is 0 Å². The van der Waals surface area contributed by atoms with Gasteiger partial charge in [-0.3, -0.25) is 8.78 Å². The molecule has 2 aromatic rings. The standard InChI is InChI=1S/C14H15N3OS/c1-10(2)19(18)14-16-15-13-9-12-6-4-3-5-11(12)7-8-17(13)14/h3-8,10H,9H2,1-2H3. The van der Waals surface area contributed by atoms with E-state index in [2.05, 4.69) is 22.3 Å². The number of hydrogen-bond donors (Lipinski definition) is 0. The monoisotopic (exact) mass is 273 g/mol. The topological polar surface area (TPSA) is 47.8 Å². The number of benzene rings is 1. The fourth-order valence-corrected chi connectivity index (χ4v) is 3.01. The molecule has 0 N–H and O–H groups in total. The highest BCUT2D eigenvalue weighted by molar-refractivity contribution is 7.85. The lowest BCUT2D eigenvalue weighted by molar-refractivity contribution is 0.666. The molecule has 1 aliphatic heterocycles. The van der Waals surface area contributed by atoms with Crippen molar-refractivity contribution < 1.29 is 4.21 Å². The molecule has 5 heteroatoms. The molecule has 1 unspecified atom stereocenters. The second-order valence-corrected chi connectivity index (χ2v) is 6.71. The maximum Gasteiger partial charge on any atom is 0.225 e. The van der Waals surface area contributed by atoms with Crippen LogP contribution in [-0.4, -0.2) is 24.2 Å². The van der Waals surface area contributed by atoms with Crippen molar-refractivity contribution in [3.8, 4) is 0 Å². The van der Waals surface area contributed by atoms with Crippen molar-refractivity contribution in [2.24, 2.45) is 0 Å². The first-order chi connectivity index (χ1) is 9.16. The lowest BCUT2D eigenvalue weighted by Crippen LogP contribution is -2.11. The van der Waals surface area contributed by atoms with Crippen molar-refractivity contribution in [3.05, 3.63) is 41.2 Å². The Kier molecular flexibility index (Phi) is 3.06. The second-order valence-electron chi connectivity index (χ2n) is 4.81. The van der Waals surface area contributed by atoms with Gasteiger partial charge in [0.2, 0.25) is 5.16 Å². The third-order valence-corrected chi connectivity index (χ3v) is 4.64. The summed E-state index contributed by atoms with van der Waals surface area (Å²) in [7, 11) is -1.13. The van der Waals surface area contributed by atoms with Crippen molar-refractivity contribution in [1.82, 2.24) is 14.8 Å². The lowest BCUT2D eigenvalue weighted by atomic mass is 10.1. The van der Waals surface area contributed by atoms with E-state index in [-0.39, 0.29) is 5.25 Å². The molecule has 0 fully saturated rings. The van der Waals surface area contributed by atoms with Gasteiger partial charge in [0.1, 0.15) is 5.82 Å². The highest BCUT2D eigenvalue weighted by atomic mass is 32.2. The van der Waals surface area contributed by atoms with E-state index < -0.39 is 10.8 Å². The molecular formula is C14H15N3OS. The van der Waals surface area contributed by atoms with Gasteiger partial charge in [-0.1, -0.05) is 38.1 Å². The molecule has 3 rings (SSSR count). The van der Waals surface area contributed by atoms with Crippen LogP contribution in [0.2, 0.25) is 0 Å². The van der Waals surface area contributed by atoms with Gasteiger partial charge in [-0.15, -0.1) is 10.2 Å². The molecule has 0 radical (unpaired) electrons. The van der Waals surface area contributed by atoms with Crippen LogP contribution >= 0.6 is 0 Å². The van der Waals surface area contributed by atoms with Gasteiger partial charge in [-0.05, 0) is 17.2 Å². The average molecular weight is 273 g/mol. The summed E-state index contributed by atoms with van der Waals surface area (Å²) in [4.78, 5) is 0. The van der Waals surface area contributed by atoms with Crippen molar-refractivity contribution in [3.63, 3.8) is 0 Å². The Balaban J connectivity index is 2.08. The summed E-state index contributed by atoms with van der Waals surface area (Å²) in [6, 6.07) is 8.20. The van der Waals surface area contributed by atoms with Gasteiger partial charge >= 0.3 is 0 Å². The Hall–Kier alpha value is -1.75. The van der Waals surface area contributed by atoms with E-state index in [0.29, 0.717) is 11.6 Å². The minimum Gasteiger partial charge on any atom is -0.279 e. The smallest absolute Gasteiger partial charge is 0.225 e. The minimum absolute atomic E-state index is 0.0346. The van der Waals surface area contributed by atoms with E-state index in [4.69, 9.17) is 0 Å². The zero-order valence-corrected chi connectivity index (χ0v) is 11.7. The Labute approximate surface area is 114 Å². The van der Waals surface area contributed by atoms with Crippen LogP contribution in [0.5, 0.6) is 0 Å². The van der Waals surface area contributed by atoms with E-state index >= 15 is 0 Å². The predicted octanol–water partition coefficient (Wildman–Crippen LogP) is 2.33. The van der Waals surface area contributed by atoms with Crippen LogP contribution in [0, 0.1) is 0 Å². The molecule has 4 nitrogen and oxygen atoms in total. The Bertz CT molecular complexity index is 673. The van der Waals surface area contributed by atoms with E-state index in [9.17, 15) is 4.21 Å². The summed E-state index contributed by atoms with van der Waals surface area (Å²) >= 11 is 0. The van der Waals surface area contributed by atoms with Gasteiger partial charge in [0, 0.05) is 17.9 Å². The largest absolute Gasteiger partial charge is 0.279 e. The molecule has 2 heterocycles. The van der Waals surface area contributed by atoms with Crippen LogP contribution < -0.4 is 0 Å². The molecule has 0 aliphatic carbocycles. The van der Waals surface area contributed by atoms with Crippen LogP contribution in [0.4, 0.5) is 0 Å². The first kappa shape index (κ1) is 12.3. The van der Waals surface area contributed by atoms with Gasteiger partial charge in [-0.25, -0.2) is 0 Å². The van der Waals surface area contributed by atoms with E-state index in [1.807, 2.05) is 42.8 Å². The first-order valence-electron chi connectivity index (χ1n) is 6.27. The van der Waals surface area contributed by atoms with Crippen LogP contribution in [0.1, 0.15) is 30.8 Å². The van der Waals surface area contributed by atoms with Crippen LogP contribution in [0.15, 0.2) is 29.4 Å². The first-order valence-corrected chi connectivity index (χ1v) is 7.48. The average Bonchev–Trinajstić information content (AvgIpc) is 2.70. The summed E-state index contributed by atoms with van der Waals surface area (Å²) in [5.41, 5.74) is 2.39. The second kappa shape index (κ2) is 4.74. The summed E-state index contributed by atoms with van der Waals surface area (Å²) in [5.74, 6) is 0.838. The highest BCUT2D eigenvalue weighted by Gasteiger charge is 2.20. The number of rotatable bonds is 2. The molecule has 0 amide bonds. The molecule has 0 saturated heterocycles. The van der Waals surface area contributed by atoms with E-state index in [1.54, 1.807) is 0 Å². The van der Waals surface area contributed by atoms with Gasteiger partial charge in [-0.2, -0.15) is 0 Å². The highest BCUT2D eigenvalue weighted by Crippen LogP contribution is 2.22. The Morgan fingerprint density at radius 2 is 2.05 bits per heavy atom. The van der Waals surface area contributed by atoms with Crippen LogP contribution in [0.3, 0.4) is 0 Å². The number of nitrogens with zero attached hydrogens (tertiary/aromatic N) is 3. The van der Waals surface area contributed by atoms with Gasteiger partial charge in [0.15, 0.2) is 0 Å². The summed E-state index contributed by atoms with van der Waals surface area (Å²) in [6.07, 6.45) is 4.65. The van der Waals surface area contributed by atoms with Crippen LogP contribution in [0.25, 0.3) is 12.3 Å². The molecule has 0 spiro atoms. The quantitative estimate of drug-likeness (QED) is 0.720. The molecule has 1 atom stereocenters. The maximum absolute atomic E-state index is 12.2. The van der Waals surface area contributed by atoms with E-state index in [1.165, 1.54) is 11.1 Å². The van der Waals surface area contributed by atoms with Crippen molar-refractivity contribution >= 4 is 23.1 Å². The lowest BCUT2D eigenvalue weighted by Gasteiger charge is -2.05. The third kappa shape index (κ3) is 2.14. The summed E-state index contributed by atoms with van der Waals surface area (Å²) < 4.78 is 14.1. The molecule has 98 valence electrons. The van der Waals surface area contributed by atoms with E-state index in [0.717, 1.165) is 5.82 Å². The molecule has 19 heavy (non-hydrogen) atoms. The molecule has 1 aromatic heterocycles. The van der Waals surface area contributed by atoms with Gasteiger partial charge in [0.05, 0.1) is 10.8 Å². The SMILES string of the molecule is CC(C)S(=O)c1nnc2n1C=Cc1ccccc1C2. The molecule has 1 aliphatic rings. The Morgan fingerprint density at radius 3 is 2.84 bits per heavy atom. The zero-order chi connectivity index (χ0) is 13.4. The number of hydrogen-bond acceptors (Lipinski definition) is 3. The third-order valence-electron chi connectivity index (χ3n) is 3.15. The minimum atomic E-state index is -1.13. The molecule has 0 bridgehead atoms. The van der Waals surface area contributed by atoms with Crippen molar-refractivity contribution in [2.45, 2.75) is 30.7 Å². The fraction of sp³-hybridized carbons (Fsp3) is 0.286. The summed E-state index contributed by atoms with van der Waals surface area (Å²) in [6.45, 7) is 3.85. The molecular weight excluding hydrogens is 258 g/mol. The molecule has 1 aromatic carbocycles. The van der Waals surface area contributed by atoms with Gasteiger partial charge < -0.3 is 0 Å². The summed E-state index contributed by atoms with van der Waals surface area (Å²) in [5, 5.41) is 8.85. The van der Waals surface area contributed by atoms with Crippen molar-refractivity contribution in [1.29, 1.82) is 0 Å². The predicted molar refractivity (Wildman–Crippen MR) is 76.0 cm³/mol. The number of aromatic nitrogens is 3. The maximum atomic E-state index is 12.2. The molecule has 0 saturated carbocycles. The number of fused-ring (bicyclic) bond motifs is 2. The fourth-order valence-electron chi connectivity index (χ4n) is 2.11. The normalized spacial score (nSPS) is 14.9. The van der Waals surface area contributed by atoms with Crippen molar-refractivity contribution in [2.75, 3.05) is 0 Å². The van der Waals surface area contributed by atoms with Crippen LogP contribution in [-0.2, 0) is 17.2 Å².